The average molecular weight is 302 g/mol. The van der Waals surface area contributed by atoms with Gasteiger partial charge in [0.15, 0.2) is 5.17 Å². The van der Waals surface area contributed by atoms with Crippen LogP contribution in [-0.2, 0) is 4.79 Å². The summed E-state index contributed by atoms with van der Waals surface area (Å²) in [5, 5.41) is 3.86. The van der Waals surface area contributed by atoms with Crippen LogP contribution in [0.1, 0.15) is 40.0 Å². The maximum absolute atomic E-state index is 13.5. The lowest BCUT2D eigenvalue weighted by Crippen LogP contribution is -2.41. The number of fused-ring (bicyclic) bond motifs is 2. The quantitative estimate of drug-likeness (QED) is 0.852. The summed E-state index contributed by atoms with van der Waals surface area (Å²) in [6.07, 6.45) is 1.06. The van der Waals surface area contributed by atoms with E-state index in [1.807, 2.05) is 20.8 Å². The van der Waals surface area contributed by atoms with Gasteiger partial charge in [-0.25, -0.2) is 8.78 Å². The molecule has 1 aliphatic heterocycles. The number of hydrogen-bond acceptors (Lipinski definition) is 3. The number of hydrogen-bond donors (Lipinski definition) is 1. The molecule has 0 radical (unpaired) electrons. The molecule has 1 amide bonds. The molecule has 1 heterocycles. The van der Waals surface area contributed by atoms with Crippen LogP contribution < -0.4 is 5.32 Å². The molecule has 4 atom stereocenters. The standard InChI is InChI=1S/C14H20F2N2OS/c1-7(2)13(3)11(19)18-12(20-13)17-10-5-9-4-8(10)6-14(9,15)16/h7-10H,4-6H2,1-3H3,(H,17,18,19)/t8?,9-,10-,13+/m1/s1. The van der Waals surface area contributed by atoms with E-state index in [2.05, 4.69) is 10.3 Å². The topological polar surface area (TPSA) is 41.5 Å². The molecule has 112 valence electrons. The highest BCUT2D eigenvalue weighted by Gasteiger charge is 2.57. The summed E-state index contributed by atoms with van der Waals surface area (Å²) in [6.45, 7) is 5.90. The molecule has 2 aliphatic carbocycles. The second kappa shape index (κ2) is 4.42. The van der Waals surface area contributed by atoms with Crippen molar-refractivity contribution in [1.82, 2.24) is 5.32 Å². The molecule has 20 heavy (non-hydrogen) atoms. The van der Waals surface area contributed by atoms with Gasteiger partial charge >= 0.3 is 0 Å². The van der Waals surface area contributed by atoms with Crippen LogP contribution in [0, 0.1) is 17.8 Å². The Hall–Kier alpha value is -0.650. The first-order chi connectivity index (χ1) is 9.22. The predicted molar refractivity (Wildman–Crippen MR) is 76.0 cm³/mol. The van der Waals surface area contributed by atoms with Gasteiger partial charge in [-0.1, -0.05) is 25.6 Å². The van der Waals surface area contributed by atoms with Crippen LogP contribution in [0.25, 0.3) is 0 Å². The zero-order chi connectivity index (χ0) is 14.7. The zero-order valence-corrected chi connectivity index (χ0v) is 12.8. The Labute approximate surface area is 122 Å². The van der Waals surface area contributed by atoms with Crippen LogP contribution in [0.3, 0.4) is 0 Å². The van der Waals surface area contributed by atoms with Gasteiger partial charge < -0.3 is 5.32 Å². The van der Waals surface area contributed by atoms with E-state index >= 15 is 0 Å². The monoisotopic (exact) mass is 302 g/mol. The van der Waals surface area contributed by atoms with Crippen LogP contribution in [0.4, 0.5) is 8.78 Å². The third kappa shape index (κ3) is 2.07. The number of thioether (sulfide) groups is 1. The Morgan fingerprint density at radius 1 is 1.40 bits per heavy atom. The Bertz CT molecular complexity index is 480. The lowest BCUT2D eigenvalue weighted by Gasteiger charge is -2.29. The molecule has 3 nitrogen and oxygen atoms in total. The van der Waals surface area contributed by atoms with E-state index in [0.29, 0.717) is 18.0 Å². The summed E-state index contributed by atoms with van der Waals surface area (Å²) in [4.78, 5) is 16.1. The molecule has 6 heteroatoms. The van der Waals surface area contributed by atoms with E-state index in [1.54, 1.807) is 0 Å². The minimum Gasteiger partial charge on any atom is -0.361 e. The molecule has 2 saturated carbocycles. The second-order valence-corrected chi connectivity index (χ2v) is 8.17. The molecule has 0 spiro atoms. The Balaban J connectivity index is 1.65. The maximum atomic E-state index is 13.5. The van der Waals surface area contributed by atoms with Gasteiger partial charge in [-0.2, -0.15) is 4.99 Å². The highest BCUT2D eigenvalue weighted by molar-refractivity contribution is 8.16. The summed E-state index contributed by atoms with van der Waals surface area (Å²) in [6, 6.07) is 0.0492. The van der Waals surface area contributed by atoms with Gasteiger partial charge in [0.1, 0.15) is 4.75 Å². The van der Waals surface area contributed by atoms with Crippen LogP contribution in [-0.4, -0.2) is 27.8 Å². The van der Waals surface area contributed by atoms with Crippen molar-refractivity contribution in [3.8, 4) is 0 Å². The Morgan fingerprint density at radius 3 is 2.55 bits per heavy atom. The predicted octanol–water partition coefficient (Wildman–Crippen LogP) is 3.05. The number of halogens is 2. The number of nitrogens with zero attached hydrogens (tertiary/aromatic N) is 1. The first kappa shape index (κ1) is 14.3. The molecule has 3 rings (SSSR count). The number of nitrogens with one attached hydrogen (secondary N) is 1. The third-order valence-corrected chi connectivity index (χ3v) is 6.65. The Morgan fingerprint density at radius 2 is 2.10 bits per heavy atom. The van der Waals surface area contributed by atoms with Crippen molar-refractivity contribution in [2.24, 2.45) is 22.7 Å². The molecule has 0 aromatic heterocycles. The van der Waals surface area contributed by atoms with Crippen LogP contribution in [0.15, 0.2) is 4.99 Å². The summed E-state index contributed by atoms with van der Waals surface area (Å²) >= 11 is 1.45. The van der Waals surface area contributed by atoms with Crippen molar-refractivity contribution in [2.45, 2.75) is 56.7 Å². The summed E-state index contributed by atoms with van der Waals surface area (Å²) in [7, 11) is 0. The van der Waals surface area contributed by atoms with Gasteiger partial charge in [-0.3, -0.25) is 4.79 Å². The van der Waals surface area contributed by atoms with Crippen LogP contribution >= 0.6 is 11.8 Å². The van der Waals surface area contributed by atoms with Gasteiger partial charge in [0.2, 0.25) is 0 Å². The number of carbonyl (C=O) groups excluding carboxylic acids is 1. The summed E-state index contributed by atoms with van der Waals surface area (Å²) in [5.41, 5.74) is 0. The molecule has 2 fully saturated rings. The van der Waals surface area contributed by atoms with Crippen molar-refractivity contribution in [3.63, 3.8) is 0 Å². The zero-order valence-electron chi connectivity index (χ0n) is 12.0. The van der Waals surface area contributed by atoms with Crippen molar-refractivity contribution in [2.75, 3.05) is 0 Å². The second-order valence-electron chi connectivity index (χ2n) is 6.73. The van der Waals surface area contributed by atoms with Crippen molar-refractivity contribution >= 4 is 22.8 Å². The van der Waals surface area contributed by atoms with Gasteiger partial charge in [-0.15, -0.1) is 0 Å². The lowest BCUT2D eigenvalue weighted by molar-refractivity contribution is -0.120. The molecule has 3 aliphatic rings. The van der Waals surface area contributed by atoms with Crippen molar-refractivity contribution < 1.29 is 13.6 Å². The number of amidine groups is 1. The Kier molecular flexibility index (Phi) is 3.16. The fraction of sp³-hybridized carbons (Fsp3) is 0.857. The third-order valence-electron chi connectivity index (χ3n) is 5.17. The molecule has 0 aromatic carbocycles. The number of amides is 1. The number of aliphatic imine (C=N–C) groups is 1. The van der Waals surface area contributed by atoms with Gasteiger partial charge in [0, 0.05) is 18.4 Å². The summed E-state index contributed by atoms with van der Waals surface area (Å²) < 4.78 is 26.5. The van der Waals surface area contributed by atoms with E-state index in [9.17, 15) is 13.6 Å². The minimum absolute atomic E-state index is 0.0132. The smallest absolute Gasteiger partial charge is 0.264 e. The maximum Gasteiger partial charge on any atom is 0.264 e. The number of rotatable bonds is 2. The SMILES string of the molecule is CC(C)[C@]1(C)SC(N[C@@H]2C[C@H]3CC2CC3(F)F)=NC1=O. The average Bonchev–Trinajstić information content (AvgIpc) is 2.91. The van der Waals surface area contributed by atoms with Gasteiger partial charge in [-0.05, 0) is 31.6 Å². The van der Waals surface area contributed by atoms with Crippen LogP contribution in [0.2, 0.25) is 0 Å². The van der Waals surface area contributed by atoms with E-state index in [1.165, 1.54) is 11.8 Å². The van der Waals surface area contributed by atoms with E-state index in [0.717, 1.165) is 0 Å². The normalized spacial score (nSPS) is 42.4. The number of alkyl halides is 2. The largest absolute Gasteiger partial charge is 0.361 e. The van der Waals surface area contributed by atoms with E-state index in [4.69, 9.17) is 0 Å². The van der Waals surface area contributed by atoms with Gasteiger partial charge in [0.25, 0.3) is 11.8 Å². The highest BCUT2D eigenvalue weighted by atomic mass is 32.2. The molecule has 0 saturated heterocycles. The molecule has 0 aromatic rings. The number of carbonyl (C=O) groups is 1. The van der Waals surface area contributed by atoms with E-state index < -0.39 is 16.6 Å². The molecular weight excluding hydrogens is 282 g/mol. The van der Waals surface area contributed by atoms with Gasteiger partial charge in [0.05, 0.1) is 0 Å². The summed E-state index contributed by atoms with van der Waals surface area (Å²) in [5.74, 6) is -2.90. The molecule has 2 bridgehead atoms. The van der Waals surface area contributed by atoms with Crippen molar-refractivity contribution in [1.29, 1.82) is 0 Å². The first-order valence-corrected chi connectivity index (χ1v) is 8.00. The van der Waals surface area contributed by atoms with Crippen LogP contribution in [0.5, 0.6) is 0 Å². The lowest BCUT2D eigenvalue weighted by atomic mass is 9.92. The minimum atomic E-state index is -2.49. The molecule has 1 unspecified atom stereocenters. The molecule has 1 N–H and O–H groups in total. The fourth-order valence-corrected chi connectivity index (χ4v) is 4.55. The first-order valence-electron chi connectivity index (χ1n) is 7.19. The fourth-order valence-electron chi connectivity index (χ4n) is 3.44. The highest BCUT2D eigenvalue weighted by Crippen LogP contribution is 2.54. The van der Waals surface area contributed by atoms with Crippen molar-refractivity contribution in [3.05, 3.63) is 0 Å². The van der Waals surface area contributed by atoms with E-state index in [-0.39, 0.29) is 30.2 Å². The molecular formula is C14H20F2N2OS.